The highest BCUT2D eigenvalue weighted by Crippen LogP contribution is 2.30. The molecule has 0 saturated heterocycles. The first-order valence-corrected chi connectivity index (χ1v) is 8.52. The van der Waals surface area contributed by atoms with Crippen molar-refractivity contribution in [3.8, 4) is 5.75 Å². The van der Waals surface area contributed by atoms with Gasteiger partial charge in [-0.3, -0.25) is 19.8 Å². The molecule has 1 amide bonds. The molecular formula is C19H20F3N3O4. The molecule has 7 nitrogen and oxygen atoms in total. The Kier molecular flexibility index (Phi) is 6.80. The Hall–Kier alpha value is -3.14. The van der Waals surface area contributed by atoms with Crippen LogP contribution in [0.15, 0.2) is 42.5 Å². The molecule has 156 valence electrons. The first-order valence-electron chi connectivity index (χ1n) is 8.52. The van der Waals surface area contributed by atoms with Gasteiger partial charge >= 0.3 is 6.18 Å². The van der Waals surface area contributed by atoms with E-state index < -0.39 is 28.6 Å². The van der Waals surface area contributed by atoms with E-state index in [1.54, 1.807) is 18.9 Å². The number of halogens is 3. The van der Waals surface area contributed by atoms with Gasteiger partial charge < -0.3 is 10.1 Å². The van der Waals surface area contributed by atoms with Gasteiger partial charge in [0.1, 0.15) is 5.75 Å². The normalized spacial score (nSPS) is 12.5. The lowest BCUT2D eigenvalue weighted by Crippen LogP contribution is -2.39. The van der Waals surface area contributed by atoms with Gasteiger partial charge in [0.15, 0.2) is 0 Å². The predicted octanol–water partition coefficient (Wildman–Crippen LogP) is 4.08. The number of hydrogen-bond donors (Lipinski definition) is 1. The lowest BCUT2D eigenvalue weighted by Gasteiger charge is -2.24. The molecule has 1 atom stereocenters. The molecule has 0 bridgehead atoms. The zero-order valence-electron chi connectivity index (χ0n) is 16.0. The summed E-state index contributed by atoms with van der Waals surface area (Å²) in [5.74, 6) is -0.253. The minimum atomic E-state index is -4.40. The number of likely N-dealkylation sites (N-methyl/N-ethyl adjacent to an activating group) is 1. The Labute approximate surface area is 165 Å². The summed E-state index contributed by atoms with van der Waals surface area (Å²) in [7, 11) is 2.99. The second kappa shape index (κ2) is 8.91. The molecule has 1 N–H and O–H groups in total. The van der Waals surface area contributed by atoms with Crippen LogP contribution in [-0.2, 0) is 17.5 Å². The summed E-state index contributed by atoms with van der Waals surface area (Å²) in [6.45, 7) is 1.89. The molecule has 0 aliphatic heterocycles. The molecule has 0 heterocycles. The number of methoxy groups -OCH3 is 1. The van der Waals surface area contributed by atoms with Crippen molar-refractivity contribution in [3.05, 3.63) is 63.7 Å². The van der Waals surface area contributed by atoms with Crippen LogP contribution in [0.1, 0.15) is 18.1 Å². The highest BCUT2D eigenvalue weighted by Gasteiger charge is 2.30. The Morgan fingerprint density at radius 2 is 1.86 bits per heavy atom. The molecular weight excluding hydrogens is 391 g/mol. The summed E-state index contributed by atoms with van der Waals surface area (Å²) in [5.41, 5.74) is -0.0155. The van der Waals surface area contributed by atoms with Crippen molar-refractivity contribution in [1.29, 1.82) is 0 Å². The average Bonchev–Trinajstić information content (AvgIpc) is 2.67. The van der Waals surface area contributed by atoms with Crippen LogP contribution in [0, 0.1) is 10.1 Å². The number of nitrogens with one attached hydrogen (secondary N) is 1. The van der Waals surface area contributed by atoms with Crippen LogP contribution in [-0.4, -0.2) is 35.9 Å². The van der Waals surface area contributed by atoms with Crippen LogP contribution in [0.5, 0.6) is 5.75 Å². The highest BCUT2D eigenvalue weighted by atomic mass is 19.4. The number of benzene rings is 2. The molecule has 0 aromatic heterocycles. The van der Waals surface area contributed by atoms with Crippen molar-refractivity contribution in [2.45, 2.75) is 25.7 Å². The van der Waals surface area contributed by atoms with E-state index in [9.17, 15) is 28.1 Å². The fourth-order valence-electron chi connectivity index (χ4n) is 2.56. The SMILES string of the molecule is COc1cc([N+](=O)[O-])ccc1NC(=O)[C@@H](C)N(C)Cc1ccc(C(F)(F)F)cc1. The van der Waals surface area contributed by atoms with E-state index in [2.05, 4.69) is 5.32 Å². The van der Waals surface area contributed by atoms with Gasteiger partial charge in [0.2, 0.25) is 5.91 Å². The largest absolute Gasteiger partial charge is 0.494 e. The number of rotatable bonds is 7. The quantitative estimate of drug-likeness (QED) is 0.548. The Morgan fingerprint density at radius 3 is 2.38 bits per heavy atom. The number of nitro benzene ring substituents is 1. The number of carbonyl (C=O) groups is 1. The standard InChI is InChI=1S/C19H20F3N3O4/c1-12(24(2)11-13-4-6-14(7-5-13)19(20,21)22)18(26)23-16-9-8-15(25(27)28)10-17(16)29-3/h4-10,12H,11H2,1-3H3,(H,23,26)/t12-/m1/s1. The van der Waals surface area contributed by atoms with E-state index in [4.69, 9.17) is 4.74 Å². The molecule has 2 aromatic carbocycles. The summed E-state index contributed by atoms with van der Waals surface area (Å²) in [6.07, 6.45) is -4.40. The van der Waals surface area contributed by atoms with Crippen LogP contribution in [0.3, 0.4) is 0 Å². The van der Waals surface area contributed by atoms with Gasteiger partial charge in [0.05, 0.1) is 35.4 Å². The van der Waals surface area contributed by atoms with E-state index in [0.29, 0.717) is 5.56 Å². The summed E-state index contributed by atoms with van der Waals surface area (Å²) < 4.78 is 43.0. The second-order valence-corrected chi connectivity index (χ2v) is 6.42. The number of ether oxygens (including phenoxy) is 1. The summed E-state index contributed by atoms with van der Waals surface area (Å²) >= 11 is 0. The van der Waals surface area contributed by atoms with Crippen LogP contribution in [0.2, 0.25) is 0 Å². The maximum Gasteiger partial charge on any atom is 0.416 e. The first kappa shape index (κ1) is 22.2. The Balaban J connectivity index is 2.05. The van der Waals surface area contributed by atoms with E-state index in [1.165, 1.54) is 37.4 Å². The van der Waals surface area contributed by atoms with Crippen LogP contribution < -0.4 is 10.1 Å². The molecule has 0 unspecified atom stereocenters. The topological polar surface area (TPSA) is 84.7 Å². The van der Waals surface area contributed by atoms with E-state index in [0.717, 1.165) is 12.1 Å². The van der Waals surface area contributed by atoms with Gasteiger partial charge in [0.25, 0.3) is 5.69 Å². The average molecular weight is 411 g/mol. The first-order chi connectivity index (χ1) is 13.5. The summed E-state index contributed by atoms with van der Waals surface area (Å²) in [4.78, 5) is 24.5. The van der Waals surface area contributed by atoms with Crippen molar-refractivity contribution in [3.63, 3.8) is 0 Å². The second-order valence-electron chi connectivity index (χ2n) is 6.42. The lowest BCUT2D eigenvalue weighted by atomic mass is 10.1. The number of nitro groups is 1. The van der Waals surface area contributed by atoms with Crippen molar-refractivity contribution in [1.82, 2.24) is 4.90 Å². The molecule has 0 aliphatic rings. The van der Waals surface area contributed by atoms with Gasteiger partial charge in [-0.15, -0.1) is 0 Å². The number of anilines is 1. The van der Waals surface area contributed by atoms with Crippen molar-refractivity contribution in [2.24, 2.45) is 0 Å². The van der Waals surface area contributed by atoms with E-state index >= 15 is 0 Å². The number of nitrogens with zero attached hydrogens (tertiary/aromatic N) is 2. The zero-order chi connectivity index (χ0) is 21.8. The molecule has 0 saturated carbocycles. The third kappa shape index (κ3) is 5.67. The maximum absolute atomic E-state index is 12.6. The van der Waals surface area contributed by atoms with E-state index in [-0.39, 0.29) is 23.7 Å². The number of carbonyl (C=O) groups excluding carboxylic acids is 1. The van der Waals surface area contributed by atoms with Gasteiger partial charge in [-0.05, 0) is 37.7 Å². The van der Waals surface area contributed by atoms with Crippen molar-refractivity contribution in [2.75, 3.05) is 19.5 Å². The molecule has 0 radical (unpaired) electrons. The monoisotopic (exact) mass is 411 g/mol. The molecule has 0 spiro atoms. The minimum Gasteiger partial charge on any atom is -0.494 e. The molecule has 0 aliphatic carbocycles. The predicted molar refractivity (Wildman–Crippen MR) is 101 cm³/mol. The zero-order valence-corrected chi connectivity index (χ0v) is 16.0. The number of alkyl halides is 3. The van der Waals surface area contributed by atoms with Gasteiger partial charge in [-0.25, -0.2) is 0 Å². The summed E-state index contributed by atoms with van der Waals surface area (Å²) in [6, 6.07) is 7.91. The molecule has 10 heteroatoms. The molecule has 0 fully saturated rings. The summed E-state index contributed by atoms with van der Waals surface area (Å²) in [5, 5.41) is 13.5. The van der Waals surface area contributed by atoms with Crippen molar-refractivity contribution >= 4 is 17.3 Å². The third-order valence-corrected chi connectivity index (χ3v) is 4.41. The van der Waals surface area contributed by atoms with Crippen molar-refractivity contribution < 1.29 is 27.6 Å². The van der Waals surface area contributed by atoms with Crippen LogP contribution in [0.25, 0.3) is 0 Å². The fourth-order valence-corrected chi connectivity index (χ4v) is 2.56. The molecule has 29 heavy (non-hydrogen) atoms. The molecule has 2 rings (SSSR count). The highest BCUT2D eigenvalue weighted by molar-refractivity contribution is 5.96. The van der Waals surface area contributed by atoms with Crippen LogP contribution >= 0.6 is 0 Å². The maximum atomic E-state index is 12.6. The van der Waals surface area contributed by atoms with Crippen LogP contribution in [0.4, 0.5) is 24.5 Å². The molecule has 2 aromatic rings. The number of amides is 1. The third-order valence-electron chi connectivity index (χ3n) is 4.41. The van der Waals surface area contributed by atoms with E-state index in [1.807, 2.05) is 0 Å². The van der Waals surface area contributed by atoms with Gasteiger partial charge in [-0.1, -0.05) is 12.1 Å². The van der Waals surface area contributed by atoms with Gasteiger partial charge in [-0.2, -0.15) is 13.2 Å². The lowest BCUT2D eigenvalue weighted by molar-refractivity contribution is -0.384. The Bertz CT molecular complexity index is 885. The fraction of sp³-hybridized carbons (Fsp3) is 0.316. The Morgan fingerprint density at radius 1 is 1.24 bits per heavy atom. The number of non-ortho nitro benzene ring substituents is 1. The smallest absolute Gasteiger partial charge is 0.416 e. The number of hydrogen-bond acceptors (Lipinski definition) is 5. The minimum absolute atomic E-state index is 0.144. The van der Waals surface area contributed by atoms with Gasteiger partial charge in [0, 0.05) is 12.6 Å².